The second kappa shape index (κ2) is 4.11. The molecule has 0 spiro atoms. The first kappa shape index (κ1) is 11.5. The van der Waals surface area contributed by atoms with Crippen molar-refractivity contribution >= 4 is 0 Å². The van der Waals surface area contributed by atoms with Gasteiger partial charge in [0.1, 0.15) is 17.7 Å². The Morgan fingerprint density at radius 1 is 1.19 bits per heavy atom. The maximum absolute atomic E-state index is 13.4. The first-order chi connectivity index (χ1) is 7.53. The second-order valence-electron chi connectivity index (χ2n) is 4.38. The largest absolute Gasteiger partial charge is 0.387 e. The summed E-state index contributed by atoms with van der Waals surface area (Å²) in [5.74, 6) is -1.30. The monoisotopic (exact) mass is 228 g/mol. The third-order valence-corrected chi connectivity index (χ3v) is 3.23. The molecule has 1 atom stereocenters. The second-order valence-corrected chi connectivity index (χ2v) is 4.38. The van der Waals surface area contributed by atoms with Crippen molar-refractivity contribution in [1.29, 1.82) is 0 Å². The molecule has 1 saturated carbocycles. The number of aliphatic hydroxyl groups is 2. The Hall–Kier alpha value is -1.00. The Kier molecular flexibility index (Phi) is 2.95. The summed E-state index contributed by atoms with van der Waals surface area (Å²) in [5, 5.41) is 20.0. The smallest absolute Gasteiger partial charge is 0.129 e. The maximum atomic E-state index is 13.4. The van der Waals surface area contributed by atoms with Crippen LogP contribution in [0.15, 0.2) is 18.2 Å². The summed E-state index contributed by atoms with van der Waals surface area (Å²) in [4.78, 5) is 0. The van der Waals surface area contributed by atoms with Crippen molar-refractivity contribution in [2.75, 3.05) is 0 Å². The minimum atomic E-state index is -1.36. The Bertz CT molecular complexity index is 387. The van der Waals surface area contributed by atoms with Gasteiger partial charge in [0.25, 0.3) is 0 Å². The molecule has 88 valence electrons. The zero-order valence-corrected chi connectivity index (χ0v) is 8.79. The molecule has 0 heterocycles. The molecule has 2 rings (SSSR count). The average Bonchev–Trinajstić information content (AvgIpc) is 2.69. The number of aliphatic hydroxyl groups excluding tert-OH is 1. The van der Waals surface area contributed by atoms with E-state index >= 15 is 0 Å². The van der Waals surface area contributed by atoms with Crippen LogP contribution in [0.2, 0.25) is 0 Å². The molecule has 1 aliphatic carbocycles. The van der Waals surface area contributed by atoms with Crippen LogP contribution in [0.3, 0.4) is 0 Å². The van der Waals surface area contributed by atoms with Crippen LogP contribution in [-0.4, -0.2) is 15.8 Å². The third-order valence-electron chi connectivity index (χ3n) is 3.23. The molecule has 0 bridgehead atoms. The first-order valence-electron chi connectivity index (χ1n) is 5.38. The van der Waals surface area contributed by atoms with Crippen LogP contribution in [0.1, 0.15) is 37.4 Å². The van der Waals surface area contributed by atoms with Crippen molar-refractivity contribution in [2.45, 2.75) is 37.4 Å². The van der Waals surface area contributed by atoms with Crippen molar-refractivity contribution in [2.24, 2.45) is 0 Å². The fraction of sp³-hybridized carbons (Fsp3) is 0.500. The van der Waals surface area contributed by atoms with E-state index in [4.69, 9.17) is 0 Å². The van der Waals surface area contributed by atoms with E-state index in [9.17, 15) is 19.0 Å². The number of hydrogen-bond donors (Lipinski definition) is 2. The minimum Gasteiger partial charge on any atom is -0.387 e. The van der Waals surface area contributed by atoms with Gasteiger partial charge >= 0.3 is 0 Å². The third kappa shape index (κ3) is 1.95. The first-order valence-corrected chi connectivity index (χ1v) is 5.38. The average molecular weight is 228 g/mol. The van der Waals surface area contributed by atoms with Gasteiger partial charge in [0.05, 0.1) is 5.60 Å². The maximum Gasteiger partial charge on any atom is 0.129 e. The molecule has 2 nitrogen and oxygen atoms in total. The molecular formula is C12H14F2O2. The molecule has 0 aromatic heterocycles. The summed E-state index contributed by atoms with van der Waals surface area (Å²) in [5.41, 5.74) is -1.47. The Labute approximate surface area is 92.5 Å². The summed E-state index contributed by atoms with van der Waals surface area (Å²) >= 11 is 0. The molecule has 2 N–H and O–H groups in total. The van der Waals surface area contributed by atoms with Crippen LogP contribution in [0.25, 0.3) is 0 Å². The van der Waals surface area contributed by atoms with E-state index in [2.05, 4.69) is 0 Å². The summed E-state index contributed by atoms with van der Waals surface area (Å²) in [6.45, 7) is 0. The standard InChI is InChI=1S/C12H14F2O2/c13-8-3-4-10(14)9(7-8)11(15)12(16)5-1-2-6-12/h3-4,7,11,15-16H,1-2,5-6H2. The molecule has 0 amide bonds. The fourth-order valence-corrected chi connectivity index (χ4v) is 2.27. The van der Waals surface area contributed by atoms with Gasteiger partial charge in [0.2, 0.25) is 0 Å². The van der Waals surface area contributed by atoms with E-state index < -0.39 is 23.3 Å². The summed E-state index contributed by atoms with van der Waals surface area (Å²) < 4.78 is 26.4. The van der Waals surface area contributed by atoms with Crippen LogP contribution >= 0.6 is 0 Å². The number of halogens is 2. The van der Waals surface area contributed by atoms with Crippen molar-refractivity contribution in [1.82, 2.24) is 0 Å². The number of rotatable bonds is 2. The van der Waals surface area contributed by atoms with Crippen molar-refractivity contribution in [3.05, 3.63) is 35.4 Å². The molecule has 1 fully saturated rings. The lowest BCUT2D eigenvalue weighted by Crippen LogP contribution is -2.33. The highest BCUT2D eigenvalue weighted by Gasteiger charge is 2.40. The Balaban J connectivity index is 2.32. The van der Waals surface area contributed by atoms with Gasteiger partial charge in [-0.15, -0.1) is 0 Å². The van der Waals surface area contributed by atoms with Gasteiger partial charge in [-0.05, 0) is 31.0 Å². The van der Waals surface area contributed by atoms with Gasteiger partial charge in [-0.1, -0.05) is 12.8 Å². The minimum absolute atomic E-state index is 0.163. The zero-order valence-electron chi connectivity index (χ0n) is 8.79. The van der Waals surface area contributed by atoms with Gasteiger partial charge in [-0.3, -0.25) is 0 Å². The Morgan fingerprint density at radius 3 is 2.44 bits per heavy atom. The predicted octanol–water partition coefficient (Wildman–Crippen LogP) is 2.30. The quantitative estimate of drug-likeness (QED) is 0.815. The number of hydrogen-bond acceptors (Lipinski definition) is 2. The lowest BCUT2D eigenvalue weighted by molar-refractivity contribution is -0.0734. The SMILES string of the molecule is OC(c1cc(F)ccc1F)C1(O)CCCC1. The molecule has 0 radical (unpaired) electrons. The van der Waals surface area contributed by atoms with Crippen LogP contribution in [0.4, 0.5) is 8.78 Å². The molecule has 1 unspecified atom stereocenters. The van der Waals surface area contributed by atoms with Gasteiger partial charge in [-0.25, -0.2) is 8.78 Å². The van der Waals surface area contributed by atoms with E-state index in [1.807, 2.05) is 0 Å². The molecule has 0 saturated heterocycles. The lowest BCUT2D eigenvalue weighted by Gasteiger charge is -2.28. The molecule has 0 aliphatic heterocycles. The molecular weight excluding hydrogens is 214 g/mol. The van der Waals surface area contributed by atoms with Crippen molar-refractivity contribution < 1.29 is 19.0 Å². The van der Waals surface area contributed by atoms with E-state index in [-0.39, 0.29) is 5.56 Å². The lowest BCUT2D eigenvalue weighted by atomic mass is 9.89. The van der Waals surface area contributed by atoms with Crippen molar-refractivity contribution in [3.63, 3.8) is 0 Å². The summed E-state index contributed by atoms with van der Waals surface area (Å²) in [6, 6.07) is 2.90. The van der Waals surface area contributed by atoms with Gasteiger partial charge < -0.3 is 10.2 Å². The summed E-state index contributed by atoms with van der Waals surface area (Å²) in [7, 11) is 0. The number of benzene rings is 1. The topological polar surface area (TPSA) is 40.5 Å². The van der Waals surface area contributed by atoms with E-state index in [1.54, 1.807) is 0 Å². The Morgan fingerprint density at radius 2 is 1.81 bits per heavy atom. The molecule has 16 heavy (non-hydrogen) atoms. The molecule has 1 aromatic carbocycles. The van der Waals surface area contributed by atoms with E-state index in [0.29, 0.717) is 12.8 Å². The molecule has 1 aliphatic rings. The normalized spacial score (nSPS) is 21.0. The highest BCUT2D eigenvalue weighted by Crippen LogP contribution is 2.40. The van der Waals surface area contributed by atoms with Crippen LogP contribution in [0.5, 0.6) is 0 Å². The fourth-order valence-electron chi connectivity index (χ4n) is 2.27. The highest BCUT2D eigenvalue weighted by molar-refractivity contribution is 5.24. The van der Waals surface area contributed by atoms with E-state index in [1.165, 1.54) is 0 Å². The predicted molar refractivity (Wildman–Crippen MR) is 54.7 cm³/mol. The highest BCUT2D eigenvalue weighted by atomic mass is 19.1. The molecule has 1 aromatic rings. The van der Waals surface area contributed by atoms with Gasteiger partial charge in [0, 0.05) is 5.56 Å². The van der Waals surface area contributed by atoms with Crippen molar-refractivity contribution in [3.8, 4) is 0 Å². The van der Waals surface area contributed by atoms with Gasteiger partial charge in [0.15, 0.2) is 0 Å². The zero-order chi connectivity index (χ0) is 11.8. The van der Waals surface area contributed by atoms with Gasteiger partial charge in [-0.2, -0.15) is 0 Å². The van der Waals surface area contributed by atoms with Crippen LogP contribution < -0.4 is 0 Å². The van der Waals surface area contributed by atoms with Crippen LogP contribution in [0, 0.1) is 11.6 Å². The van der Waals surface area contributed by atoms with E-state index in [0.717, 1.165) is 31.0 Å². The van der Waals surface area contributed by atoms with Crippen LogP contribution in [-0.2, 0) is 0 Å². The molecule has 4 heteroatoms. The summed E-state index contributed by atoms with van der Waals surface area (Å²) in [6.07, 6.45) is 1.08.